The zero-order valence-corrected chi connectivity index (χ0v) is 35.9. The summed E-state index contributed by atoms with van der Waals surface area (Å²) in [6.45, 7) is 27.6. The van der Waals surface area contributed by atoms with Gasteiger partial charge in [0, 0.05) is 19.5 Å². The smallest absolute Gasteiger partial charge is 0.148 e. The van der Waals surface area contributed by atoms with E-state index in [4.69, 9.17) is 0 Å². The second-order valence-corrected chi connectivity index (χ2v) is 19.0. The van der Waals surface area contributed by atoms with Crippen LogP contribution in [0.15, 0.2) is 84.9 Å². The van der Waals surface area contributed by atoms with E-state index >= 15 is 0 Å². The second-order valence-electron chi connectivity index (χ2n) is 15.7. The minimum Gasteiger partial charge on any atom is -0.148 e. The quantitative estimate of drug-likeness (QED) is 0.136. The average molecular weight is 745 g/mol. The molecular formula is C48H50B2S3. The third-order valence-corrected chi connectivity index (χ3v) is 15.0. The largest absolute Gasteiger partial charge is 0.255 e. The topological polar surface area (TPSA) is 0 Å². The molecule has 0 radical (unpaired) electrons. The molecule has 7 aromatic rings. The summed E-state index contributed by atoms with van der Waals surface area (Å²) in [5.41, 5.74) is 22.1. The van der Waals surface area contributed by atoms with Gasteiger partial charge in [0.1, 0.15) is 0 Å². The summed E-state index contributed by atoms with van der Waals surface area (Å²) in [5, 5.41) is 0. The van der Waals surface area contributed by atoms with E-state index in [1.165, 1.54) is 118 Å². The van der Waals surface area contributed by atoms with Gasteiger partial charge in [0.15, 0.2) is 0 Å². The summed E-state index contributed by atoms with van der Waals surface area (Å²) in [4.78, 5) is 5.37. The predicted octanol–water partition coefficient (Wildman–Crippen LogP) is 9.94. The highest BCUT2D eigenvalue weighted by Crippen LogP contribution is 2.38. The summed E-state index contributed by atoms with van der Waals surface area (Å²) < 4.78 is 2.82. The molecule has 53 heavy (non-hydrogen) atoms. The van der Waals surface area contributed by atoms with Crippen molar-refractivity contribution in [2.75, 3.05) is 0 Å². The number of hydrogen-bond acceptors (Lipinski definition) is 3. The van der Waals surface area contributed by atoms with Crippen molar-refractivity contribution in [2.45, 2.75) is 83.1 Å². The monoisotopic (exact) mass is 744 g/mol. The zero-order chi connectivity index (χ0) is 37.9. The van der Waals surface area contributed by atoms with E-state index in [9.17, 15) is 0 Å². The minimum atomic E-state index is 0.201. The standard InChI is InChI=1S/C48H50B2S3/c1-27-19-33(7)46(34(8)20-27)49(39-26-31(5)30(4)25-32(39)6)44-17-15-42(52-44)40-13-14-41(51-40)43-16-18-45(53-43)50(47-35(9)21-28(2)22-36(47)10)48-37(11)23-29(3)24-38(48)12/h13-26H,1-12H3. The van der Waals surface area contributed by atoms with E-state index in [-0.39, 0.29) is 13.4 Å². The number of rotatable bonds is 8. The van der Waals surface area contributed by atoms with Gasteiger partial charge in [-0.2, -0.15) is 0 Å². The fraction of sp³-hybridized carbons (Fsp3) is 0.250. The Morgan fingerprint density at radius 3 is 1.04 bits per heavy atom. The Labute approximate surface area is 331 Å². The second kappa shape index (κ2) is 14.7. The molecule has 0 N–H and O–H groups in total. The van der Waals surface area contributed by atoms with Crippen molar-refractivity contribution in [3.63, 3.8) is 0 Å². The Morgan fingerprint density at radius 1 is 0.302 bits per heavy atom. The Morgan fingerprint density at radius 2 is 0.623 bits per heavy atom. The van der Waals surface area contributed by atoms with Gasteiger partial charge < -0.3 is 0 Å². The highest BCUT2D eigenvalue weighted by molar-refractivity contribution is 7.34. The van der Waals surface area contributed by atoms with Gasteiger partial charge in [-0.3, -0.25) is 0 Å². The van der Waals surface area contributed by atoms with Crippen molar-refractivity contribution in [1.82, 2.24) is 0 Å². The maximum absolute atomic E-state index is 2.44. The lowest BCUT2D eigenvalue weighted by Crippen LogP contribution is -2.54. The molecule has 0 bridgehead atoms. The van der Waals surface area contributed by atoms with Gasteiger partial charge >= 0.3 is 0 Å². The first-order chi connectivity index (χ1) is 25.2. The highest BCUT2D eigenvalue weighted by atomic mass is 32.1. The SMILES string of the molecule is Cc1cc(C)c(B(c2ccc(-c3ccc(-c4ccc(B(c5c(C)cc(C)cc5C)c5c(C)cc(C)cc5C)s4)s3)s2)c2cc(C)c(C)cc2C)c(C)c1. The van der Waals surface area contributed by atoms with Crippen LogP contribution in [0.1, 0.15) is 66.8 Å². The Bertz CT molecular complexity index is 2380. The third kappa shape index (κ3) is 7.21. The average Bonchev–Trinajstić information content (AvgIpc) is 3.84. The highest BCUT2D eigenvalue weighted by Gasteiger charge is 2.31. The van der Waals surface area contributed by atoms with Gasteiger partial charge in [-0.25, -0.2) is 0 Å². The van der Waals surface area contributed by atoms with Crippen molar-refractivity contribution in [3.05, 3.63) is 152 Å². The Kier molecular flexibility index (Phi) is 10.4. The fourth-order valence-corrected chi connectivity index (χ4v) is 12.4. The van der Waals surface area contributed by atoms with E-state index in [1.807, 2.05) is 34.0 Å². The van der Waals surface area contributed by atoms with Crippen LogP contribution in [0, 0.1) is 83.1 Å². The van der Waals surface area contributed by atoms with Gasteiger partial charge in [0.05, 0.1) is 0 Å². The van der Waals surface area contributed by atoms with Crippen LogP contribution in [0.4, 0.5) is 0 Å². The molecule has 0 aliphatic carbocycles. The Hall–Kier alpha value is -3.89. The van der Waals surface area contributed by atoms with Crippen molar-refractivity contribution < 1.29 is 0 Å². The molecule has 0 saturated carbocycles. The molecule has 4 aromatic carbocycles. The van der Waals surface area contributed by atoms with E-state index in [1.54, 1.807) is 0 Å². The van der Waals surface area contributed by atoms with Crippen LogP contribution < -0.4 is 31.4 Å². The normalized spacial score (nSPS) is 11.4. The molecule has 0 atom stereocenters. The maximum Gasteiger partial charge on any atom is 0.255 e. The van der Waals surface area contributed by atoms with Gasteiger partial charge in [-0.05, 0) is 128 Å². The molecule has 0 saturated heterocycles. The molecule has 5 heteroatoms. The van der Waals surface area contributed by atoms with Crippen LogP contribution in [0.25, 0.3) is 19.5 Å². The van der Waals surface area contributed by atoms with Gasteiger partial charge in [-0.15, -0.1) is 34.0 Å². The minimum absolute atomic E-state index is 0.201. The zero-order valence-electron chi connectivity index (χ0n) is 33.5. The Balaban J connectivity index is 1.28. The molecule has 0 spiro atoms. The molecular weight excluding hydrogens is 694 g/mol. The molecule has 0 nitrogen and oxygen atoms in total. The van der Waals surface area contributed by atoms with Crippen LogP contribution in [0.2, 0.25) is 0 Å². The van der Waals surface area contributed by atoms with Crippen LogP contribution in [-0.4, -0.2) is 13.4 Å². The molecule has 3 aromatic heterocycles. The first-order valence-electron chi connectivity index (χ1n) is 18.8. The molecule has 3 heterocycles. The third-order valence-electron chi connectivity index (χ3n) is 11.2. The van der Waals surface area contributed by atoms with Crippen LogP contribution >= 0.6 is 34.0 Å². The molecule has 266 valence electrons. The molecule has 7 rings (SSSR count). The van der Waals surface area contributed by atoms with E-state index in [2.05, 4.69) is 168 Å². The van der Waals surface area contributed by atoms with Crippen molar-refractivity contribution in [2.24, 2.45) is 0 Å². The fourth-order valence-electron chi connectivity index (χ4n) is 9.00. The van der Waals surface area contributed by atoms with Crippen molar-refractivity contribution in [1.29, 1.82) is 0 Å². The molecule has 0 fully saturated rings. The molecule has 0 aliphatic rings. The van der Waals surface area contributed by atoms with Gasteiger partial charge in [0.25, 0.3) is 13.4 Å². The number of thiophene rings is 3. The maximum atomic E-state index is 2.44. The predicted molar refractivity (Wildman–Crippen MR) is 243 cm³/mol. The van der Waals surface area contributed by atoms with Crippen molar-refractivity contribution >= 4 is 78.8 Å². The number of aryl methyl sites for hydroxylation is 12. The van der Waals surface area contributed by atoms with E-state index in [0.717, 1.165) is 0 Å². The summed E-state index contributed by atoms with van der Waals surface area (Å²) in [7, 11) is 0. The lowest BCUT2D eigenvalue weighted by atomic mass is 9.37. The first kappa shape index (κ1) is 37.4. The van der Waals surface area contributed by atoms with Crippen LogP contribution in [-0.2, 0) is 0 Å². The number of benzene rings is 4. The summed E-state index contributed by atoms with van der Waals surface area (Å²) >= 11 is 5.85. The molecule has 0 amide bonds. The lowest BCUT2D eigenvalue weighted by Gasteiger charge is -2.23. The molecule has 0 unspecified atom stereocenters. The first-order valence-corrected chi connectivity index (χ1v) is 21.3. The summed E-state index contributed by atoms with van der Waals surface area (Å²) in [6.07, 6.45) is 0. The van der Waals surface area contributed by atoms with Gasteiger partial charge in [-0.1, -0.05) is 138 Å². The van der Waals surface area contributed by atoms with E-state index in [0.29, 0.717) is 0 Å². The van der Waals surface area contributed by atoms with Crippen LogP contribution in [0.3, 0.4) is 0 Å². The number of hydrogen-bond donors (Lipinski definition) is 0. The van der Waals surface area contributed by atoms with Gasteiger partial charge in [0.2, 0.25) is 0 Å². The molecule has 0 aliphatic heterocycles. The van der Waals surface area contributed by atoms with Crippen molar-refractivity contribution in [3.8, 4) is 19.5 Å². The van der Waals surface area contributed by atoms with Crippen LogP contribution in [0.5, 0.6) is 0 Å². The van der Waals surface area contributed by atoms with E-state index < -0.39 is 0 Å². The lowest BCUT2D eigenvalue weighted by molar-refractivity contribution is 1.31. The summed E-state index contributed by atoms with van der Waals surface area (Å²) in [6, 6.07) is 33.2. The summed E-state index contributed by atoms with van der Waals surface area (Å²) in [5.74, 6) is 0.